The van der Waals surface area contributed by atoms with Crippen molar-refractivity contribution in [1.82, 2.24) is 5.16 Å². The van der Waals surface area contributed by atoms with Gasteiger partial charge in [0.25, 0.3) is 0 Å². The van der Waals surface area contributed by atoms with Crippen molar-refractivity contribution in [3.8, 4) is 11.3 Å². The number of aromatic carboxylic acids is 1. The summed E-state index contributed by atoms with van der Waals surface area (Å²) in [4.78, 5) is 24.0. The second-order valence-corrected chi connectivity index (χ2v) is 8.13. The third kappa shape index (κ3) is 5.44. The minimum atomic E-state index is -1.02. The van der Waals surface area contributed by atoms with Gasteiger partial charge in [0, 0.05) is 21.8 Å². The van der Waals surface area contributed by atoms with Crippen LogP contribution in [-0.2, 0) is 4.74 Å². The highest BCUT2D eigenvalue weighted by Gasteiger charge is 2.20. The van der Waals surface area contributed by atoms with Crippen LogP contribution in [0.4, 0.5) is 21.9 Å². The Morgan fingerprint density at radius 2 is 1.71 bits per heavy atom. The molecule has 9 heteroatoms. The molecule has 1 heterocycles. The summed E-state index contributed by atoms with van der Waals surface area (Å²) in [7, 11) is 0. The Morgan fingerprint density at radius 1 is 1.03 bits per heavy atom. The first-order valence-electron chi connectivity index (χ1n) is 10.7. The molecule has 0 aliphatic rings. The van der Waals surface area contributed by atoms with Gasteiger partial charge in [-0.15, -0.1) is 0 Å². The van der Waals surface area contributed by atoms with Crippen LogP contribution in [0.5, 0.6) is 0 Å². The minimum Gasteiger partial charge on any atom is -0.478 e. The maximum Gasteiger partial charge on any atom is 0.412 e. The van der Waals surface area contributed by atoms with Crippen molar-refractivity contribution in [2.24, 2.45) is 0 Å². The first-order valence-corrected chi connectivity index (χ1v) is 11.1. The van der Waals surface area contributed by atoms with E-state index in [0.29, 0.717) is 44.7 Å². The topological polar surface area (TPSA) is 114 Å². The molecule has 0 bridgehead atoms. The summed E-state index contributed by atoms with van der Waals surface area (Å²) in [6.07, 6.45) is -1.24. The number of halogens is 1. The normalized spacial score (nSPS) is 11.5. The van der Waals surface area contributed by atoms with Crippen LogP contribution in [-0.4, -0.2) is 22.3 Å². The standard InChI is InChI=1S/C26H22ClN3O5/c1-15-23(29-26(33)34-16(2)19-7-3-5-9-21(19)27)24(35-30-15)17-11-13-18(14-12-17)28-22-10-6-4-8-20(22)25(31)32/h3-14,16,28H,1-2H3,(H,29,33)(H,31,32)/t16-/m1/s1. The number of para-hydroxylation sites is 1. The number of aromatic nitrogens is 1. The van der Waals surface area contributed by atoms with Crippen molar-refractivity contribution in [2.45, 2.75) is 20.0 Å². The van der Waals surface area contributed by atoms with E-state index < -0.39 is 18.2 Å². The van der Waals surface area contributed by atoms with Gasteiger partial charge in [-0.1, -0.05) is 47.1 Å². The zero-order chi connectivity index (χ0) is 24.9. The molecule has 1 aromatic heterocycles. The summed E-state index contributed by atoms with van der Waals surface area (Å²) in [5, 5.41) is 19.7. The number of carboxylic acids is 1. The lowest BCUT2D eigenvalue weighted by Gasteiger charge is -2.15. The van der Waals surface area contributed by atoms with Gasteiger partial charge in [-0.2, -0.15) is 0 Å². The van der Waals surface area contributed by atoms with Gasteiger partial charge in [-0.3, -0.25) is 5.32 Å². The molecule has 0 saturated carbocycles. The zero-order valence-corrected chi connectivity index (χ0v) is 19.7. The molecule has 0 aliphatic heterocycles. The van der Waals surface area contributed by atoms with Crippen LogP contribution in [0.15, 0.2) is 77.3 Å². The number of aryl methyl sites for hydroxylation is 1. The minimum absolute atomic E-state index is 0.165. The van der Waals surface area contributed by atoms with Crippen molar-refractivity contribution < 1.29 is 24.0 Å². The molecule has 0 aliphatic carbocycles. The Labute approximate surface area is 206 Å². The maximum absolute atomic E-state index is 12.6. The quantitative estimate of drug-likeness (QED) is 0.253. The second-order valence-electron chi connectivity index (χ2n) is 7.72. The number of anilines is 3. The van der Waals surface area contributed by atoms with E-state index in [1.165, 1.54) is 6.07 Å². The third-order valence-electron chi connectivity index (χ3n) is 5.30. The predicted molar refractivity (Wildman–Crippen MR) is 133 cm³/mol. The van der Waals surface area contributed by atoms with E-state index >= 15 is 0 Å². The highest BCUT2D eigenvalue weighted by molar-refractivity contribution is 6.31. The van der Waals surface area contributed by atoms with E-state index in [4.69, 9.17) is 20.9 Å². The van der Waals surface area contributed by atoms with Crippen LogP contribution in [0.25, 0.3) is 11.3 Å². The van der Waals surface area contributed by atoms with Gasteiger partial charge < -0.3 is 19.7 Å². The fourth-order valence-electron chi connectivity index (χ4n) is 3.51. The Morgan fingerprint density at radius 3 is 2.43 bits per heavy atom. The van der Waals surface area contributed by atoms with Gasteiger partial charge >= 0.3 is 12.1 Å². The van der Waals surface area contributed by atoms with E-state index in [-0.39, 0.29) is 5.56 Å². The molecule has 3 N–H and O–H groups in total. The van der Waals surface area contributed by atoms with Crippen molar-refractivity contribution >= 4 is 40.7 Å². The summed E-state index contributed by atoms with van der Waals surface area (Å²) >= 11 is 6.19. The van der Waals surface area contributed by atoms with Crippen molar-refractivity contribution in [1.29, 1.82) is 0 Å². The number of ether oxygens (including phenoxy) is 1. The average molecular weight is 492 g/mol. The number of carboxylic acid groups (broad SMARTS) is 1. The maximum atomic E-state index is 12.6. The smallest absolute Gasteiger partial charge is 0.412 e. The van der Waals surface area contributed by atoms with Crippen molar-refractivity contribution in [3.63, 3.8) is 0 Å². The Bertz CT molecular complexity index is 1370. The van der Waals surface area contributed by atoms with Gasteiger partial charge in [0.15, 0.2) is 5.76 Å². The molecule has 0 fully saturated rings. The third-order valence-corrected chi connectivity index (χ3v) is 5.64. The van der Waals surface area contributed by atoms with Gasteiger partial charge in [0.05, 0.1) is 11.3 Å². The van der Waals surface area contributed by atoms with E-state index in [2.05, 4.69) is 15.8 Å². The Kier molecular flexibility index (Phi) is 7.03. The number of amides is 1. The molecule has 35 heavy (non-hydrogen) atoms. The van der Waals surface area contributed by atoms with Crippen LogP contribution in [0.3, 0.4) is 0 Å². The summed E-state index contributed by atoms with van der Waals surface area (Å²) in [5.41, 5.74) is 3.55. The van der Waals surface area contributed by atoms with Crippen molar-refractivity contribution in [3.05, 3.63) is 94.6 Å². The SMILES string of the molecule is Cc1noc(-c2ccc(Nc3ccccc3C(=O)O)cc2)c1NC(=O)O[C@H](C)c1ccccc1Cl. The van der Waals surface area contributed by atoms with Gasteiger partial charge in [-0.25, -0.2) is 9.59 Å². The van der Waals surface area contributed by atoms with Crippen LogP contribution >= 0.6 is 11.6 Å². The first kappa shape index (κ1) is 23.8. The van der Waals surface area contributed by atoms with Crippen LogP contribution in [0, 0.1) is 6.92 Å². The number of benzene rings is 3. The summed E-state index contributed by atoms with van der Waals surface area (Å²) in [5.74, 6) is -0.657. The monoisotopic (exact) mass is 491 g/mol. The fourth-order valence-corrected chi connectivity index (χ4v) is 3.80. The molecule has 178 valence electrons. The molecule has 1 atom stereocenters. The molecule has 4 aromatic rings. The number of hydrogen-bond donors (Lipinski definition) is 3. The van der Waals surface area contributed by atoms with E-state index in [0.717, 1.165) is 0 Å². The zero-order valence-electron chi connectivity index (χ0n) is 18.9. The van der Waals surface area contributed by atoms with Gasteiger partial charge in [-0.05, 0) is 56.3 Å². The molecular weight excluding hydrogens is 470 g/mol. The molecule has 3 aromatic carbocycles. The number of carbonyl (C=O) groups is 2. The number of carbonyl (C=O) groups excluding carboxylic acids is 1. The molecule has 0 spiro atoms. The molecule has 0 unspecified atom stereocenters. The number of nitrogens with zero attached hydrogens (tertiary/aromatic N) is 1. The van der Waals surface area contributed by atoms with Crippen LogP contribution < -0.4 is 10.6 Å². The lowest BCUT2D eigenvalue weighted by Crippen LogP contribution is -2.17. The summed E-state index contributed by atoms with van der Waals surface area (Å²) < 4.78 is 11.0. The number of nitrogens with one attached hydrogen (secondary N) is 2. The first-order chi connectivity index (χ1) is 16.8. The van der Waals surface area contributed by atoms with Crippen LogP contribution in [0.1, 0.15) is 34.6 Å². The molecule has 0 radical (unpaired) electrons. The van der Waals surface area contributed by atoms with Gasteiger partial charge in [0.2, 0.25) is 0 Å². The Balaban J connectivity index is 1.49. The van der Waals surface area contributed by atoms with E-state index in [1.54, 1.807) is 74.5 Å². The number of rotatable bonds is 7. The second kappa shape index (κ2) is 10.3. The highest BCUT2D eigenvalue weighted by Crippen LogP contribution is 2.33. The number of hydrogen-bond acceptors (Lipinski definition) is 6. The highest BCUT2D eigenvalue weighted by atomic mass is 35.5. The predicted octanol–water partition coefficient (Wildman–Crippen LogP) is 7.05. The summed E-state index contributed by atoms with van der Waals surface area (Å²) in [6.45, 7) is 3.44. The van der Waals surface area contributed by atoms with Crippen molar-refractivity contribution in [2.75, 3.05) is 10.6 Å². The summed E-state index contributed by atoms with van der Waals surface area (Å²) in [6, 6.07) is 20.9. The lowest BCUT2D eigenvalue weighted by atomic mass is 10.1. The molecule has 4 rings (SSSR count). The molecular formula is C26H22ClN3O5. The molecule has 1 amide bonds. The van der Waals surface area contributed by atoms with E-state index in [9.17, 15) is 14.7 Å². The fraction of sp³-hybridized carbons (Fsp3) is 0.115. The lowest BCUT2D eigenvalue weighted by molar-refractivity contribution is 0.0698. The largest absolute Gasteiger partial charge is 0.478 e. The Hall–Kier alpha value is -4.30. The van der Waals surface area contributed by atoms with Crippen LogP contribution in [0.2, 0.25) is 5.02 Å². The molecule has 0 saturated heterocycles. The average Bonchev–Trinajstić information content (AvgIpc) is 3.19. The van der Waals surface area contributed by atoms with Gasteiger partial charge in [0.1, 0.15) is 17.5 Å². The molecule has 8 nitrogen and oxygen atoms in total. The van der Waals surface area contributed by atoms with E-state index in [1.807, 2.05) is 6.07 Å².